The smallest absolute Gasteiger partial charge is 0.0788 e. The summed E-state index contributed by atoms with van der Waals surface area (Å²) >= 11 is 1.87. The van der Waals surface area contributed by atoms with Crippen LogP contribution in [0.5, 0.6) is 0 Å². The molecule has 1 aliphatic rings. The van der Waals surface area contributed by atoms with Crippen LogP contribution in [0, 0.1) is 0 Å². The van der Waals surface area contributed by atoms with Gasteiger partial charge in [-0.3, -0.25) is 0 Å². The van der Waals surface area contributed by atoms with E-state index in [0.29, 0.717) is 0 Å². The van der Waals surface area contributed by atoms with E-state index in [-0.39, 0.29) is 5.41 Å². The lowest BCUT2D eigenvalue weighted by atomic mass is 9.73. The van der Waals surface area contributed by atoms with Crippen molar-refractivity contribution in [3.8, 4) is 11.3 Å². The first-order valence-corrected chi connectivity index (χ1v) is 15.6. The molecule has 0 fully saturated rings. The highest BCUT2D eigenvalue weighted by atomic mass is 32.1. The molecule has 0 atom stereocenters. The third kappa shape index (κ3) is 3.49. The Kier molecular flexibility index (Phi) is 5.15. The number of hydrogen-bond donors (Lipinski definition) is 0. The van der Waals surface area contributed by atoms with Crippen LogP contribution in [-0.2, 0) is 5.41 Å². The van der Waals surface area contributed by atoms with Gasteiger partial charge in [-0.05, 0) is 47.5 Å². The minimum Gasteiger partial charge on any atom is -0.310 e. The van der Waals surface area contributed by atoms with Gasteiger partial charge in [-0.2, -0.15) is 0 Å². The van der Waals surface area contributed by atoms with Gasteiger partial charge in [0, 0.05) is 53.0 Å². The number of rotatable bonds is 2. The van der Waals surface area contributed by atoms with Crippen LogP contribution in [-0.4, -0.2) is 4.98 Å². The molecule has 0 unspecified atom stereocenters. The largest absolute Gasteiger partial charge is 0.310 e. The van der Waals surface area contributed by atoms with Crippen molar-refractivity contribution in [2.45, 2.75) is 19.3 Å². The van der Waals surface area contributed by atoms with Gasteiger partial charge in [0.2, 0.25) is 0 Å². The van der Waals surface area contributed by atoms with Gasteiger partial charge in [-0.15, -0.1) is 11.3 Å². The summed E-state index contributed by atoms with van der Waals surface area (Å²) in [7, 11) is 0. The summed E-state index contributed by atoms with van der Waals surface area (Å²) in [5.41, 5.74) is 9.30. The van der Waals surface area contributed by atoms with Gasteiger partial charge in [0.1, 0.15) is 0 Å². The SMILES string of the molecule is CC1(C)c2ccccc2N(c2ccc3c(c2)nc(-c2ccccc2)c2ccc4sc5ccccc5c4c23)c2ccccc21. The normalized spacial score (nSPS) is 14.0. The van der Waals surface area contributed by atoms with E-state index in [4.69, 9.17) is 4.98 Å². The Hall–Kier alpha value is -4.99. The fourth-order valence-electron chi connectivity index (χ4n) is 7.20. The maximum Gasteiger partial charge on any atom is 0.0788 e. The van der Waals surface area contributed by atoms with Crippen LogP contribution >= 0.6 is 11.3 Å². The first-order chi connectivity index (χ1) is 21.1. The fourth-order valence-corrected chi connectivity index (χ4v) is 8.31. The summed E-state index contributed by atoms with van der Waals surface area (Å²) in [4.78, 5) is 7.84. The molecule has 6 aromatic carbocycles. The first kappa shape index (κ1) is 24.6. The molecule has 0 spiro atoms. The Bertz CT molecular complexity index is 2330. The summed E-state index contributed by atoms with van der Waals surface area (Å²) in [6.07, 6.45) is 0. The molecule has 0 saturated carbocycles. The summed E-state index contributed by atoms with van der Waals surface area (Å²) in [6.45, 7) is 4.66. The molecule has 0 amide bonds. The molecule has 1 aliphatic heterocycles. The highest BCUT2D eigenvalue weighted by Gasteiger charge is 2.36. The van der Waals surface area contributed by atoms with Crippen LogP contribution in [0.25, 0.3) is 53.1 Å². The van der Waals surface area contributed by atoms with Gasteiger partial charge in [0.05, 0.1) is 22.6 Å². The molecule has 0 bridgehead atoms. The van der Waals surface area contributed by atoms with E-state index >= 15 is 0 Å². The summed E-state index contributed by atoms with van der Waals surface area (Å²) < 4.78 is 2.63. The van der Waals surface area contributed by atoms with E-state index in [1.165, 1.54) is 58.8 Å². The number of hydrogen-bond acceptors (Lipinski definition) is 3. The first-order valence-electron chi connectivity index (χ1n) is 14.8. The molecular formula is C40H28N2S. The lowest BCUT2D eigenvalue weighted by Crippen LogP contribution is -2.30. The van der Waals surface area contributed by atoms with Crippen molar-refractivity contribution >= 4 is 70.2 Å². The third-order valence-electron chi connectivity index (χ3n) is 9.22. The molecule has 204 valence electrons. The molecule has 43 heavy (non-hydrogen) atoms. The van der Waals surface area contributed by atoms with Gasteiger partial charge in [0.15, 0.2) is 0 Å². The van der Waals surface area contributed by atoms with Crippen LogP contribution in [0.3, 0.4) is 0 Å². The zero-order valence-electron chi connectivity index (χ0n) is 24.0. The monoisotopic (exact) mass is 568 g/mol. The number of pyridine rings is 1. The van der Waals surface area contributed by atoms with Crippen LogP contribution in [0.4, 0.5) is 17.1 Å². The second kappa shape index (κ2) is 9.00. The molecule has 2 aromatic heterocycles. The Morgan fingerprint density at radius 3 is 1.98 bits per heavy atom. The van der Waals surface area contributed by atoms with E-state index in [9.17, 15) is 0 Å². The lowest BCUT2D eigenvalue weighted by molar-refractivity contribution is 0.632. The van der Waals surface area contributed by atoms with Gasteiger partial charge in [-0.25, -0.2) is 4.98 Å². The molecule has 8 aromatic rings. The summed E-state index contributed by atoms with van der Waals surface area (Å²) in [6, 6.07) is 48.5. The number of anilines is 3. The highest BCUT2D eigenvalue weighted by Crippen LogP contribution is 2.52. The fraction of sp³-hybridized carbons (Fsp3) is 0.0750. The molecule has 3 heteroatoms. The Morgan fingerprint density at radius 1 is 0.558 bits per heavy atom. The third-order valence-corrected chi connectivity index (χ3v) is 10.4. The number of thiophene rings is 1. The molecule has 0 N–H and O–H groups in total. The van der Waals surface area contributed by atoms with Crippen molar-refractivity contribution in [1.29, 1.82) is 0 Å². The molecule has 2 nitrogen and oxygen atoms in total. The molecule has 0 radical (unpaired) electrons. The lowest BCUT2D eigenvalue weighted by Gasteiger charge is -2.42. The van der Waals surface area contributed by atoms with Gasteiger partial charge in [-0.1, -0.05) is 111 Å². The van der Waals surface area contributed by atoms with Crippen LogP contribution in [0.15, 0.2) is 133 Å². The van der Waals surface area contributed by atoms with Gasteiger partial charge < -0.3 is 4.90 Å². The number of fused-ring (bicyclic) bond motifs is 9. The Morgan fingerprint density at radius 2 is 1.21 bits per heavy atom. The number of aromatic nitrogens is 1. The molecule has 9 rings (SSSR count). The number of benzene rings is 6. The van der Waals surface area contributed by atoms with Crippen LogP contribution in [0.1, 0.15) is 25.0 Å². The van der Waals surface area contributed by atoms with Crippen molar-refractivity contribution in [2.24, 2.45) is 0 Å². The molecule has 0 aliphatic carbocycles. The number of nitrogens with zero attached hydrogens (tertiary/aromatic N) is 2. The van der Waals surface area contributed by atoms with E-state index in [1.54, 1.807) is 0 Å². The van der Waals surface area contributed by atoms with E-state index in [0.717, 1.165) is 22.5 Å². The minimum atomic E-state index is -0.0962. The van der Waals surface area contributed by atoms with Crippen molar-refractivity contribution < 1.29 is 0 Å². The van der Waals surface area contributed by atoms with Crippen LogP contribution < -0.4 is 4.90 Å². The quantitative estimate of drug-likeness (QED) is 0.193. The van der Waals surface area contributed by atoms with Gasteiger partial charge in [0.25, 0.3) is 0 Å². The second-order valence-electron chi connectivity index (χ2n) is 12.0. The highest BCUT2D eigenvalue weighted by molar-refractivity contribution is 7.26. The zero-order valence-corrected chi connectivity index (χ0v) is 24.8. The van der Waals surface area contributed by atoms with Gasteiger partial charge >= 0.3 is 0 Å². The molecule has 3 heterocycles. The average molecular weight is 569 g/mol. The Labute approximate surface area is 254 Å². The topological polar surface area (TPSA) is 16.1 Å². The van der Waals surface area contributed by atoms with Crippen molar-refractivity contribution in [3.63, 3.8) is 0 Å². The molecular weight excluding hydrogens is 541 g/mol. The average Bonchev–Trinajstić information content (AvgIpc) is 3.44. The van der Waals surface area contributed by atoms with E-state index in [1.807, 2.05) is 11.3 Å². The standard InChI is InChI=1S/C40H28N2S/c1-40(2)30-15-7-9-17-33(30)42(34-18-10-8-16-31(34)40)26-20-21-27-32(24-26)41-39(25-12-4-3-5-13-25)29-22-23-36-38(37(27)29)28-14-6-11-19-35(28)43-36/h3-24H,1-2H3. The second-order valence-corrected chi connectivity index (χ2v) is 13.1. The predicted molar refractivity (Wildman–Crippen MR) is 184 cm³/mol. The Balaban J connectivity index is 1.39. The van der Waals surface area contributed by atoms with E-state index in [2.05, 4.69) is 152 Å². The number of para-hydroxylation sites is 2. The summed E-state index contributed by atoms with van der Waals surface area (Å²) in [5, 5.41) is 6.30. The van der Waals surface area contributed by atoms with Crippen molar-refractivity contribution in [1.82, 2.24) is 4.98 Å². The van der Waals surface area contributed by atoms with Crippen LogP contribution in [0.2, 0.25) is 0 Å². The zero-order chi connectivity index (χ0) is 28.7. The predicted octanol–water partition coefficient (Wildman–Crippen LogP) is 11.5. The molecule has 0 saturated heterocycles. The summed E-state index contributed by atoms with van der Waals surface area (Å²) in [5.74, 6) is 0. The van der Waals surface area contributed by atoms with Crippen molar-refractivity contribution in [3.05, 3.63) is 145 Å². The maximum absolute atomic E-state index is 5.42. The minimum absolute atomic E-state index is 0.0962. The van der Waals surface area contributed by atoms with E-state index < -0.39 is 0 Å². The maximum atomic E-state index is 5.42. The van der Waals surface area contributed by atoms with Crippen molar-refractivity contribution in [2.75, 3.05) is 4.90 Å².